The van der Waals surface area contributed by atoms with E-state index in [1.54, 1.807) is 7.11 Å². The van der Waals surface area contributed by atoms with Gasteiger partial charge < -0.3 is 15.0 Å². The Labute approximate surface area is 104 Å². The van der Waals surface area contributed by atoms with Crippen molar-refractivity contribution in [3.63, 3.8) is 0 Å². The first-order valence-corrected chi connectivity index (χ1v) is 6.11. The highest BCUT2D eigenvalue weighted by Gasteiger charge is 1.99. The summed E-state index contributed by atoms with van der Waals surface area (Å²) in [6, 6.07) is 6.06. The number of aromatic nitrogens is 1. The summed E-state index contributed by atoms with van der Waals surface area (Å²) < 4.78 is 4.97. The quantitative estimate of drug-likeness (QED) is 0.644. The molecule has 0 amide bonds. The third kappa shape index (κ3) is 7.05. The summed E-state index contributed by atoms with van der Waals surface area (Å²) in [5.41, 5.74) is 1.16. The molecule has 17 heavy (non-hydrogen) atoms. The summed E-state index contributed by atoms with van der Waals surface area (Å²) in [5.74, 6) is 0. The van der Waals surface area contributed by atoms with Crippen molar-refractivity contribution in [1.82, 2.24) is 15.2 Å². The maximum absolute atomic E-state index is 4.97. The minimum absolute atomic E-state index is 0.775. The number of nitrogens with one attached hydrogen (secondary N) is 1. The lowest BCUT2D eigenvalue weighted by Crippen LogP contribution is -2.32. The molecule has 4 heteroatoms. The maximum atomic E-state index is 4.97. The van der Waals surface area contributed by atoms with Crippen molar-refractivity contribution in [2.24, 2.45) is 0 Å². The number of pyridine rings is 1. The number of rotatable bonds is 9. The van der Waals surface area contributed by atoms with Crippen molar-refractivity contribution < 1.29 is 4.74 Å². The second-order valence-electron chi connectivity index (χ2n) is 4.12. The first-order valence-electron chi connectivity index (χ1n) is 6.11. The van der Waals surface area contributed by atoms with Crippen LogP contribution >= 0.6 is 0 Å². The van der Waals surface area contributed by atoms with Crippen molar-refractivity contribution in [2.75, 3.05) is 46.9 Å². The van der Waals surface area contributed by atoms with Crippen molar-refractivity contribution in [1.29, 1.82) is 0 Å². The van der Waals surface area contributed by atoms with Crippen LogP contribution in [0.4, 0.5) is 0 Å². The first-order chi connectivity index (χ1) is 8.33. The monoisotopic (exact) mass is 237 g/mol. The molecule has 4 nitrogen and oxygen atoms in total. The Balaban J connectivity index is 2.03. The SMILES string of the molecule is COCCNCCN(C)CCc1ccccn1. The van der Waals surface area contributed by atoms with E-state index in [0.717, 1.165) is 44.9 Å². The minimum Gasteiger partial charge on any atom is -0.383 e. The van der Waals surface area contributed by atoms with Gasteiger partial charge in [0.05, 0.1) is 6.61 Å². The standard InChI is InChI=1S/C13H23N3O/c1-16(11-8-14-9-12-17-2)10-6-13-5-3-4-7-15-13/h3-5,7,14H,6,8-12H2,1-2H3. The number of hydrogen-bond donors (Lipinski definition) is 1. The predicted octanol–water partition coefficient (Wildman–Crippen LogP) is 0.792. The molecule has 0 fully saturated rings. The zero-order chi connectivity index (χ0) is 12.3. The van der Waals surface area contributed by atoms with Crippen molar-refractivity contribution in [3.8, 4) is 0 Å². The Morgan fingerprint density at radius 1 is 1.29 bits per heavy atom. The van der Waals surface area contributed by atoms with Crippen molar-refractivity contribution in [2.45, 2.75) is 6.42 Å². The number of ether oxygens (including phenoxy) is 1. The molecule has 0 atom stereocenters. The van der Waals surface area contributed by atoms with E-state index in [2.05, 4.69) is 28.3 Å². The fourth-order valence-electron chi connectivity index (χ4n) is 1.53. The van der Waals surface area contributed by atoms with Crippen LogP contribution in [0.5, 0.6) is 0 Å². The summed E-state index contributed by atoms with van der Waals surface area (Å²) >= 11 is 0. The van der Waals surface area contributed by atoms with E-state index in [4.69, 9.17) is 4.74 Å². The minimum atomic E-state index is 0.775. The second kappa shape index (κ2) is 9.10. The van der Waals surface area contributed by atoms with E-state index in [1.165, 1.54) is 0 Å². The van der Waals surface area contributed by atoms with Crippen LogP contribution in [0.15, 0.2) is 24.4 Å². The van der Waals surface area contributed by atoms with Gasteiger partial charge in [0.2, 0.25) is 0 Å². The Morgan fingerprint density at radius 3 is 2.88 bits per heavy atom. The van der Waals surface area contributed by atoms with Crippen molar-refractivity contribution >= 4 is 0 Å². The molecule has 0 aliphatic rings. The smallest absolute Gasteiger partial charge is 0.0587 e. The van der Waals surface area contributed by atoms with Gasteiger partial charge in [0.1, 0.15) is 0 Å². The molecule has 0 aliphatic carbocycles. The van der Waals surface area contributed by atoms with Crippen LogP contribution in [-0.4, -0.2) is 56.8 Å². The van der Waals surface area contributed by atoms with Crippen LogP contribution in [0, 0.1) is 0 Å². The molecule has 1 rings (SSSR count). The highest BCUT2D eigenvalue weighted by molar-refractivity contribution is 5.03. The lowest BCUT2D eigenvalue weighted by atomic mass is 10.2. The van der Waals surface area contributed by atoms with E-state index in [9.17, 15) is 0 Å². The zero-order valence-electron chi connectivity index (χ0n) is 10.9. The molecular weight excluding hydrogens is 214 g/mol. The highest BCUT2D eigenvalue weighted by atomic mass is 16.5. The van der Waals surface area contributed by atoms with E-state index in [1.807, 2.05) is 18.3 Å². The summed E-state index contributed by atoms with van der Waals surface area (Å²) in [7, 11) is 3.86. The van der Waals surface area contributed by atoms with Gasteiger partial charge >= 0.3 is 0 Å². The van der Waals surface area contributed by atoms with Crippen LogP contribution in [0.25, 0.3) is 0 Å². The molecule has 0 aromatic carbocycles. The van der Waals surface area contributed by atoms with Gasteiger partial charge in [-0.05, 0) is 19.2 Å². The Hall–Kier alpha value is -0.970. The Bertz CT molecular complexity index is 279. The average Bonchev–Trinajstić information content (AvgIpc) is 2.37. The van der Waals surface area contributed by atoms with Crippen LogP contribution in [0.2, 0.25) is 0 Å². The number of likely N-dealkylation sites (N-methyl/N-ethyl adjacent to an activating group) is 1. The van der Waals surface area contributed by atoms with Crippen LogP contribution in [0.1, 0.15) is 5.69 Å². The zero-order valence-corrected chi connectivity index (χ0v) is 10.9. The van der Waals surface area contributed by atoms with Crippen LogP contribution in [-0.2, 0) is 11.2 Å². The van der Waals surface area contributed by atoms with Crippen molar-refractivity contribution in [3.05, 3.63) is 30.1 Å². The average molecular weight is 237 g/mol. The van der Waals surface area contributed by atoms with Gasteiger partial charge in [0.15, 0.2) is 0 Å². The number of hydrogen-bond acceptors (Lipinski definition) is 4. The molecule has 0 bridgehead atoms. The highest BCUT2D eigenvalue weighted by Crippen LogP contribution is 1.95. The van der Waals surface area contributed by atoms with Crippen LogP contribution in [0.3, 0.4) is 0 Å². The maximum Gasteiger partial charge on any atom is 0.0587 e. The molecule has 0 spiro atoms. The fraction of sp³-hybridized carbons (Fsp3) is 0.615. The largest absolute Gasteiger partial charge is 0.383 e. The second-order valence-corrected chi connectivity index (χ2v) is 4.12. The molecule has 0 saturated heterocycles. The molecule has 0 saturated carbocycles. The molecule has 1 heterocycles. The Kier molecular flexibility index (Phi) is 7.54. The van der Waals surface area contributed by atoms with Crippen LogP contribution < -0.4 is 5.32 Å². The Morgan fingerprint density at radius 2 is 2.18 bits per heavy atom. The molecule has 0 radical (unpaired) electrons. The fourth-order valence-corrected chi connectivity index (χ4v) is 1.53. The molecule has 0 unspecified atom stereocenters. The molecule has 0 aliphatic heterocycles. The molecule has 96 valence electrons. The van der Waals surface area contributed by atoms with Gasteiger partial charge in [-0.15, -0.1) is 0 Å². The summed E-state index contributed by atoms with van der Waals surface area (Å²) in [6.07, 6.45) is 2.86. The molecular formula is C13H23N3O. The van der Waals surface area contributed by atoms with E-state index >= 15 is 0 Å². The third-order valence-corrected chi connectivity index (χ3v) is 2.63. The lowest BCUT2D eigenvalue weighted by Gasteiger charge is -2.16. The number of methoxy groups -OCH3 is 1. The summed E-state index contributed by atoms with van der Waals surface area (Å²) in [6.45, 7) is 4.80. The van der Waals surface area contributed by atoms with E-state index in [-0.39, 0.29) is 0 Å². The molecule has 1 aromatic heterocycles. The normalized spacial score (nSPS) is 11.0. The topological polar surface area (TPSA) is 37.4 Å². The van der Waals surface area contributed by atoms with E-state index in [0.29, 0.717) is 0 Å². The van der Waals surface area contributed by atoms with Gasteiger partial charge in [0, 0.05) is 51.6 Å². The van der Waals surface area contributed by atoms with Gasteiger partial charge in [-0.2, -0.15) is 0 Å². The first kappa shape index (κ1) is 14.1. The molecule has 1 N–H and O–H groups in total. The van der Waals surface area contributed by atoms with Gasteiger partial charge in [-0.3, -0.25) is 4.98 Å². The predicted molar refractivity (Wildman–Crippen MR) is 70.2 cm³/mol. The van der Waals surface area contributed by atoms with E-state index < -0.39 is 0 Å². The molecule has 1 aromatic rings. The van der Waals surface area contributed by atoms with Gasteiger partial charge in [-0.25, -0.2) is 0 Å². The number of nitrogens with zero attached hydrogens (tertiary/aromatic N) is 2. The summed E-state index contributed by atoms with van der Waals surface area (Å²) in [5, 5.41) is 3.33. The van der Waals surface area contributed by atoms with Gasteiger partial charge in [-0.1, -0.05) is 6.07 Å². The third-order valence-electron chi connectivity index (χ3n) is 2.63. The summed E-state index contributed by atoms with van der Waals surface area (Å²) in [4.78, 5) is 6.63. The van der Waals surface area contributed by atoms with Gasteiger partial charge in [0.25, 0.3) is 0 Å². The lowest BCUT2D eigenvalue weighted by molar-refractivity contribution is 0.198.